The van der Waals surface area contributed by atoms with Gasteiger partial charge in [0.25, 0.3) is 0 Å². The fourth-order valence-electron chi connectivity index (χ4n) is 5.66. The second-order valence-electron chi connectivity index (χ2n) is 9.82. The number of hydrogen-bond donors (Lipinski definition) is 3. The van der Waals surface area contributed by atoms with E-state index in [1.807, 2.05) is 4.90 Å². The van der Waals surface area contributed by atoms with Gasteiger partial charge in [0.1, 0.15) is 6.04 Å². The molecule has 33 heavy (non-hydrogen) atoms. The number of piperidine rings is 1. The van der Waals surface area contributed by atoms with Crippen molar-refractivity contribution in [1.29, 1.82) is 0 Å². The van der Waals surface area contributed by atoms with Crippen LogP contribution in [-0.4, -0.2) is 71.0 Å². The number of benzene rings is 1. The Morgan fingerprint density at radius 3 is 2.27 bits per heavy atom. The zero-order valence-corrected chi connectivity index (χ0v) is 19.2. The Balaban J connectivity index is 1.47. The van der Waals surface area contributed by atoms with E-state index in [9.17, 15) is 14.4 Å². The molecule has 4 N–H and O–H groups in total. The predicted octanol–water partition coefficient (Wildman–Crippen LogP) is 2.54. The van der Waals surface area contributed by atoms with Crippen LogP contribution in [-0.2, 0) is 9.59 Å². The highest BCUT2D eigenvalue weighted by molar-refractivity contribution is 5.98. The van der Waals surface area contributed by atoms with Crippen LogP contribution in [0.4, 0.5) is 5.69 Å². The lowest BCUT2D eigenvalue weighted by molar-refractivity contribution is -0.141. The molecule has 0 bridgehead atoms. The highest BCUT2D eigenvalue weighted by atomic mass is 16.4. The number of nitrogens with zero attached hydrogens (tertiary/aromatic N) is 2. The van der Waals surface area contributed by atoms with Gasteiger partial charge in [-0.15, -0.1) is 0 Å². The molecule has 4 rings (SSSR count). The van der Waals surface area contributed by atoms with Crippen molar-refractivity contribution in [2.45, 2.75) is 63.5 Å². The molecule has 3 aliphatic rings. The summed E-state index contributed by atoms with van der Waals surface area (Å²) >= 11 is 0. The Bertz CT molecular complexity index is 844. The van der Waals surface area contributed by atoms with Gasteiger partial charge in [-0.05, 0) is 94.8 Å². The van der Waals surface area contributed by atoms with E-state index in [0.29, 0.717) is 31.1 Å². The number of carbonyl (C=O) groups is 3. The normalized spacial score (nSPS) is 28.5. The van der Waals surface area contributed by atoms with Gasteiger partial charge in [0.15, 0.2) is 0 Å². The number of nitrogens with two attached hydrogens (primary N) is 1. The number of amides is 2. The van der Waals surface area contributed by atoms with Crippen LogP contribution in [0.15, 0.2) is 24.3 Å². The molecule has 1 saturated carbocycles. The minimum absolute atomic E-state index is 0.0296. The van der Waals surface area contributed by atoms with Crippen molar-refractivity contribution in [3.8, 4) is 0 Å². The Morgan fingerprint density at radius 2 is 1.67 bits per heavy atom. The molecule has 1 aromatic carbocycles. The van der Waals surface area contributed by atoms with Crippen LogP contribution < -0.4 is 11.1 Å². The first-order valence-electron chi connectivity index (χ1n) is 12.3. The van der Waals surface area contributed by atoms with Crippen molar-refractivity contribution in [1.82, 2.24) is 9.80 Å². The molecule has 3 fully saturated rings. The summed E-state index contributed by atoms with van der Waals surface area (Å²) in [5, 5.41) is 12.0. The molecular formula is C25H36N4O4. The van der Waals surface area contributed by atoms with Crippen molar-refractivity contribution in [3.05, 3.63) is 29.8 Å². The Kier molecular flexibility index (Phi) is 7.65. The van der Waals surface area contributed by atoms with Crippen molar-refractivity contribution in [3.63, 3.8) is 0 Å². The lowest BCUT2D eigenvalue weighted by atomic mass is 9.81. The number of aromatic carboxylic acids is 1. The average Bonchev–Trinajstić information content (AvgIpc) is 3.30. The summed E-state index contributed by atoms with van der Waals surface area (Å²) in [5.41, 5.74) is 6.54. The second kappa shape index (κ2) is 10.7. The Hall–Kier alpha value is -2.45. The minimum atomic E-state index is -1.01. The van der Waals surface area contributed by atoms with Crippen molar-refractivity contribution in [2.75, 3.05) is 31.5 Å². The van der Waals surface area contributed by atoms with E-state index in [4.69, 9.17) is 10.8 Å². The third-order valence-corrected chi connectivity index (χ3v) is 7.70. The number of carboxylic acid groups (broad SMARTS) is 1. The number of hydrogen-bond acceptors (Lipinski definition) is 5. The van der Waals surface area contributed by atoms with Crippen LogP contribution in [0.1, 0.15) is 61.7 Å². The molecule has 180 valence electrons. The van der Waals surface area contributed by atoms with Gasteiger partial charge >= 0.3 is 5.97 Å². The lowest BCUT2D eigenvalue weighted by Gasteiger charge is -2.33. The maximum atomic E-state index is 13.5. The summed E-state index contributed by atoms with van der Waals surface area (Å²) in [5.74, 6) is -0.623. The minimum Gasteiger partial charge on any atom is -0.478 e. The van der Waals surface area contributed by atoms with E-state index in [0.717, 1.165) is 38.8 Å². The van der Waals surface area contributed by atoms with Gasteiger partial charge in [-0.2, -0.15) is 0 Å². The highest BCUT2D eigenvalue weighted by Crippen LogP contribution is 2.33. The lowest BCUT2D eigenvalue weighted by Crippen LogP contribution is -2.47. The third kappa shape index (κ3) is 5.55. The van der Waals surface area contributed by atoms with Crippen LogP contribution in [0.5, 0.6) is 0 Å². The van der Waals surface area contributed by atoms with E-state index in [1.165, 1.54) is 31.4 Å². The summed E-state index contributed by atoms with van der Waals surface area (Å²) in [6, 6.07) is 5.84. The van der Waals surface area contributed by atoms with Crippen molar-refractivity contribution >= 4 is 23.5 Å². The Morgan fingerprint density at radius 1 is 1.00 bits per heavy atom. The summed E-state index contributed by atoms with van der Waals surface area (Å²) in [7, 11) is 0. The van der Waals surface area contributed by atoms with Crippen LogP contribution in [0, 0.1) is 11.8 Å². The largest absolute Gasteiger partial charge is 0.478 e. The zero-order chi connectivity index (χ0) is 23.4. The molecule has 0 radical (unpaired) electrons. The van der Waals surface area contributed by atoms with Crippen LogP contribution >= 0.6 is 0 Å². The maximum absolute atomic E-state index is 13.5. The number of carbonyl (C=O) groups excluding carboxylic acids is 2. The Labute approximate surface area is 195 Å². The number of likely N-dealkylation sites (tertiary alicyclic amines) is 2. The summed E-state index contributed by atoms with van der Waals surface area (Å²) < 4.78 is 0. The van der Waals surface area contributed by atoms with Gasteiger partial charge in [0, 0.05) is 24.2 Å². The number of nitrogens with one attached hydrogen (secondary N) is 1. The van der Waals surface area contributed by atoms with Crippen LogP contribution in [0.3, 0.4) is 0 Å². The first-order valence-corrected chi connectivity index (χ1v) is 12.3. The van der Waals surface area contributed by atoms with E-state index in [-0.39, 0.29) is 29.3 Å². The third-order valence-electron chi connectivity index (χ3n) is 7.70. The number of carboxylic acids is 1. The summed E-state index contributed by atoms with van der Waals surface area (Å²) in [4.78, 5) is 42.2. The fourth-order valence-corrected chi connectivity index (χ4v) is 5.66. The molecule has 2 aliphatic heterocycles. The molecule has 0 spiro atoms. The molecule has 0 aromatic heterocycles. The summed E-state index contributed by atoms with van der Waals surface area (Å²) in [6.45, 7) is 3.33. The van der Waals surface area contributed by atoms with Crippen LogP contribution in [0.25, 0.3) is 0 Å². The molecule has 1 aliphatic carbocycles. The van der Waals surface area contributed by atoms with Gasteiger partial charge < -0.3 is 21.1 Å². The van der Waals surface area contributed by atoms with E-state index < -0.39 is 12.0 Å². The van der Waals surface area contributed by atoms with Gasteiger partial charge in [-0.1, -0.05) is 6.42 Å². The first-order chi connectivity index (χ1) is 16.0. The second-order valence-corrected chi connectivity index (χ2v) is 9.82. The predicted molar refractivity (Wildman–Crippen MR) is 126 cm³/mol. The molecule has 1 aromatic rings. The molecule has 8 nitrogen and oxygen atoms in total. The van der Waals surface area contributed by atoms with E-state index >= 15 is 0 Å². The van der Waals surface area contributed by atoms with E-state index in [1.54, 1.807) is 12.1 Å². The smallest absolute Gasteiger partial charge is 0.335 e. The fraction of sp³-hybridized carbons (Fsp3) is 0.640. The standard InChI is InChI=1S/C25H36N4O4/c26-15-17-4-6-18(7-5-17)24(31)29-16-21(28-12-2-1-3-13-28)14-22(29)23(30)27-20-10-8-19(9-11-20)25(32)33/h8-11,17-18,21-22H,1-7,12-16,26H2,(H,27,30)(H,32,33)/t17-,18-,21-,22?/m0/s1. The maximum Gasteiger partial charge on any atom is 0.335 e. The molecule has 2 amide bonds. The summed E-state index contributed by atoms with van der Waals surface area (Å²) in [6.07, 6.45) is 7.86. The van der Waals surface area contributed by atoms with Gasteiger partial charge in [0.05, 0.1) is 5.56 Å². The molecule has 8 heteroatoms. The van der Waals surface area contributed by atoms with Gasteiger partial charge in [-0.3, -0.25) is 14.5 Å². The first kappa shape index (κ1) is 23.7. The molecule has 2 atom stereocenters. The topological polar surface area (TPSA) is 116 Å². The molecule has 2 saturated heterocycles. The molecule has 1 unspecified atom stereocenters. The monoisotopic (exact) mass is 456 g/mol. The molecule has 2 heterocycles. The highest BCUT2D eigenvalue weighted by Gasteiger charge is 2.44. The number of rotatable bonds is 6. The van der Waals surface area contributed by atoms with Crippen molar-refractivity contribution < 1.29 is 19.5 Å². The van der Waals surface area contributed by atoms with Gasteiger partial charge in [0.2, 0.25) is 11.8 Å². The van der Waals surface area contributed by atoms with Gasteiger partial charge in [-0.25, -0.2) is 4.79 Å². The van der Waals surface area contributed by atoms with E-state index in [2.05, 4.69) is 10.2 Å². The average molecular weight is 457 g/mol. The van der Waals surface area contributed by atoms with Crippen molar-refractivity contribution in [2.24, 2.45) is 17.6 Å². The zero-order valence-electron chi connectivity index (χ0n) is 19.2. The number of anilines is 1. The quantitative estimate of drug-likeness (QED) is 0.606. The van der Waals surface area contributed by atoms with Crippen LogP contribution in [0.2, 0.25) is 0 Å². The SMILES string of the molecule is NC[C@H]1CC[C@H](C(=O)N2C[C@@H](N3CCCCC3)CC2C(=O)Nc2ccc(C(=O)O)cc2)CC1. The molecular weight excluding hydrogens is 420 g/mol.